The molecule has 1 heterocycles. The Labute approximate surface area is 179 Å². The second-order valence-corrected chi connectivity index (χ2v) is 8.84. The molecular weight excluding hydrogens is 422 g/mol. The maximum Gasteiger partial charge on any atom is 0.340 e. The van der Waals surface area contributed by atoms with Crippen LogP contribution in [0.2, 0.25) is 0 Å². The number of benzene rings is 2. The molecule has 162 valence electrons. The molecule has 0 radical (unpaired) electrons. The smallest absolute Gasteiger partial charge is 0.340 e. The Hall–Kier alpha value is -3.33. The van der Waals surface area contributed by atoms with Gasteiger partial charge in [0, 0.05) is 22.6 Å². The maximum atomic E-state index is 12.8. The van der Waals surface area contributed by atoms with Crippen molar-refractivity contribution < 1.29 is 31.7 Å². The zero-order valence-corrected chi connectivity index (χ0v) is 18.1. The van der Waals surface area contributed by atoms with Crippen LogP contribution in [-0.2, 0) is 19.6 Å². The normalized spacial score (nSPS) is 13.8. The molecule has 0 spiro atoms. The van der Waals surface area contributed by atoms with Crippen LogP contribution >= 0.6 is 0 Å². The van der Waals surface area contributed by atoms with Gasteiger partial charge in [0.1, 0.15) is 10.6 Å². The molecule has 3 aromatic rings. The number of carbonyl (C=O) groups is 2. The first-order valence-electron chi connectivity index (χ1n) is 9.62. The Morgan fingerprint density at radius 3 is 2.35 bits per heavy atom. The van der Waals surface area contributed by atoms with Gasteiger partial charge in [0.2, 0.25) is 0 Å². The molecule has 0 bridgehead atoms. The summed E-state index contributed by atoms with van der Waals surface area (Å²) >= 11 is 0. The molecule has 0 unspecified atom stereocenters. The van der Waals surface area contributed by atoms with Crippen LogP contribution in [0.4, 0.5) is 0 Å². The van der Waals surface area contributed by atoms with Crippen LogP contribution in [0.5, 0.6) is 5.75 Å². The number of nitrogens with zero attached hydrogens (tertiary/aromatic N) is 1. The first-order valence-corrected chi connectivity index (χ1v) is 11.0. The zero-order valence-electron chi connectivity index (χ0n) is 17.2. The summed E-state index contributed by atoms with van der Waals surface area (Å²) in [6.45, 7) is 1.85. The van der Waals surface area contributed by atoms with Gasteiger partial charge in [-0.15, -0.1) is 0 Å². The van der Waals surface area contributed by atoms with E-state index in [1.165, 1.54) is 44.6 Å². The van der Waals surface area contributed by atoms with E-state index < -0.39 is 22.1 Å². The highest BCUT2D eigenvalue weighted by Crippen LogP contribution is 2.42. The highest BCUT2D eigenvalue weighted by Gasteiger charge is 2.31. The van der Waals surface area contributed by atoms with Crippen molar-refractivity contribution in [2.24, 2.45) is 0 Å². The van der Waals surface area contributed by atoms with E-state index in [9.17, 15) is 18.0 Å². The number of carbonyl (C=O) groups excluding carboxylic acids is 2. The largest absolute Gasteiger partial charge is 0.465 e. The molecule has 0 saturated heterocycles. The number of esters is 2. The van der Waals surface area contributed by atoms with Crippen molar-refractivity contribution in [1.82, 2.24) is 4.57 Å². The van der Waals surface area contributed by atoms with E-state index in [0.29, 0.717) is 17.0 Å². The minimum Gasteiger partial charge on any atom is -0.465 e. The maximum absolute atomic E-state index is 12.8. The van der Waals surface area contributed by atoms with Crippen LogP contribution in [0.1, 0.15) is 45.3 Å². The summed E-state index contributed by atoms with van der Waals surface area (Å²) in [5, 5.41) is 0.562. The van der Waals surface area contributed by atoms with Gasteiger partial charge in [-0.1, -0.05) is 6.07 Å². The number of aromatic nitrogens is 1. The molecule has 0 amide bonds. The Morgan fingerprint density at radius 2 is 1.71 bits per heavy atom. The van der Waals surface area contributed by atoms with Crippen LogP contribution in [0.25, 0.3) is 10.9 Å². The van der Waals surface area contributed by atoms with Crippen molar-refractivity contribution in [3.8, 4) is 5.75 Å². The van der Waals surface area contributed by atoms with Gasteiger partial charge in [-0.05, 0) is 56.2 Å². The van der Waals surface area contributed by atoms with Gasteiger partial charge in [0.25, 0.3) is 0 Å². The van der Waals surface area contributed by atoms with E-state index in [-0.39, 0.29) is 16.2 Å². The lowest BCUT2D eigenvalue weighted by atomic mass is 10.1. The van der Waals surface area contributed by atoms with E-state index in [1.54, 1.807) is 12.1 Å². The average Bonchev–Trinajstić information content (AvgIpc) is 3.55. The second kappa shape index (κ2) is 7.73. The van der Waals surface area contributed by atoms with Gasteiger partial charge < -0.3 is 18.2 Å². The van der Waals surface area contributed by atoms with Crippen molar-refractivity contribution >= 4 is 33.0 Å². The molecule has 0 aliphatic heterocycles. The molecule has 1 fully saturated rings. The highest BCUT2D eigenvalue weighted by molar-refractivity contribution is 7.87. The molecule has 0 N–H and O–H groups in total. The van der Waals surface area contributed by atoms with Crippen LogP contribution in [-0.4, -0.2) is 39.1 Å². The third-order valence-corrected chi connectivity index (χ3v) is 6.51. The van der Waals surface area contributed by atoms with Crippen molar-refractivity contribution in [2.45, 2.75) is 30.7 Å². The summed E-state index contributed by atoms with van der Waals surface area (Å²) in [6.07, 6.45) is 2.04. The molecule has 9 heteroatoms. The first kappa shape index (κ1) is 20.9. The molecule has 2 aromatic carbocycles. The number of hydrogen-bond donors (Lipinski definition) is 0. The van der Waals surface area contributed by atoms with Crippen molar-refractivity contribution in [3.63, 3.8) is 0 Å². The number of ether oxygens (including phenoxy) is 2. The van der Waals surface area contributed by atoms with Gasteiger partial charge in [-0.3, -0.25) is 0 Å². The summed E-state index contributed by atoms with van der Waals surface area (Å²) in [7, 11) is -1.70. The number of fused-ring (bicyclic) bond motifs is 1. The molecule has 0 atom stereocenters. The summed E-state index contributed by atoms with van der Waals surface area (Å²) < 4.78 is 42.6. The third kappa shape index (κ3) is 3.76. The van der Waals surface area contributed by atoms with Crippen LogP contribution in [0.3, 0.4) is 0 Å². The Bertz CT molecular complexity index is 1300. The standard InChI is InChI=1S/C22H21NO7S/c1-13-20(22(25)29-3)18-12-16(9-10-19(18)23(13)15-7-8-15)30-31(26,27)17-6-4-5-14(11-17)21(24)28-2/h4-6,9-12,15H,7-8H2,1-3H3. The molecule has 1 aromatic heterocycles. The van der Waals surface area contributed by atoms with Gasteiger partial charge in [-0.2, -0.15) is 8.42 Å². The van der Waals surface area contributed by atoms with Crippen LogP contribution in [0, 0.1) is 6.92 Å². The fourth-order valence-corrected chi connectivity index (χ4v) is 4.68. The number of methoxy groups -OCH3 is 2. The number of hydrogen-bond acceptors (Lipinski definition) is 7. The molecule has 1 saturated carbocycles. The van der Waals surface area contributed by atoms with E-state index >= 15 is 0 Å². The predicted molar refractivity (Wildman–Crippen MR) is 112 cm³/mol. The molecular formula is C22H21NO7S. The summed E-state index contributed by atoms with van der Waals surface area (Å²) in [5.41, 5.74) is 2.07. The predicted octanol–water partition coefficient (Wildman–Crippen LogP) is 3.63. The number of rotatable bonds is 6. The SMILES string of the molecule is COC(=O)c1cccc(S(=O)(=O)Oc2ccc3c(c2)c(C(=O)OC)c(C)n3C2CC2)c1. The Morgan fingerprint density at radius 1 is 1.00 bits per heavy atom. The third-order valence-electron chi connectivity index (χ3n) is 5.27. The van der Waals surface area contributed by atoms with E-state index in [1.807, 2.05) is 6.92 Å². The van der Waals surface area contributed by atoms with E-state index in [0.717, 1.165) is 24.1 Å². The fourth-order valence-electron chi connectivity index (χ4n) is 3.71. The Balaban J connectivity index is 1.75. The molecule has 1 aliphatic carbocycles. The highest BCUT2D eigenvalue weighted by atomic mass is 32.2. The van der Waals surface area contributed by atoms with Crippen LogP contribution < -0.4 is 4.18 Å². The second-order valence-electron chi connectivity index (χ2n) is 7.29. The van der Waals surface area contributed by atoms with Crippen molar-refractivity contribution in [3.05, 3.63) is 59.3 Å². The molecule has 1 aliphatic rings. The summed E-state index contributed by atoms with van der Waals surface area (Å²) in [6, 6.07) is 10.5. The minimum atomic E-state index is -4.22. The average molecular weight is 443 g/mol. The lowest BCUT2D eigenvalue weighted by Crippen LogP contribution is -2.11. The van der Waals surface area contributed by atoms with Gasteiger partial charge in [-0.25, -0.2) is 9.59 Å². The van der Waals surface area contributed by atoms with Crippen LogP contribution in [0.15, 0.2) is 47.4 Å². The molecule has 31 heavy (non-hydrogen) atoms. The summed E-state index contributed by atoms with van der Waals surface area (Å²) in [5.74, 6) is -1.10. The topological polar surface area (TPSA) is 101 Å². The first-order chi connectivity index (χ1) is 14.8. The lowest BCUT2D eigenvalue weighted by Gasteiger charge is -2.09. The van der Waals surface area contributed by atoms with E-state index in [4.69, 9.17) is 8.92 Å². The Kier molecular flexibility index (Phi) is 5.22. The van der Waals surface area contributed by atoms with E-state index in [2.05, 4.69) is 9.30 Å². The molecule has 4 rings (SSSR count). The quantitative estimate of drug-likeness (QED) is 0.424. The fraction of sp³-hybridized carbons (Fsp3) is 0.273. The van der Waals surface area contributed by atoms with Gasteiger partial charge in [0.05, 0.1) is 25.3 Å². The molecule has 8 nitrogen and oxygen atoms in total. The van der Waals surface area contributed by atoms with Gasteiger partial charge in [0.15, 0.2) is 0 Å². The zero-order chi connectivity index (χ0) is 22.3. The van der Waals surface area contributed by atoms with Crippen molar-refractivity contribution in [2.75, 3.05) is 14.2 Å². The minimum absolute atomic E-state index is 0.0501. The lowest BCUT2D eigenvalue weighted by molar-refractivity contribution is 0.0592. The van der Waals surface area contributed by atoms with Crippen molar-refractivity contribution in [1.29, 1.82) is 0 Å². The van der Waals surface area contributed by atoms with Gasteiger partial charge >= 0.3 is 22.1 Å². The monoisotopic (exact) mass is 443 g/mol. The summed E-state index contributed by atoms with van der Waals surface area (Å²) in [4.78, 5) is 23.9.